The van der Waals surface area contributed by atoms with Crippen LogP contribution in [0, 0.1) is 0 Å². The monoisotopic (exact) mass is 368 g/mol. The van der Waals surface area contributed by atoms with Crippen molar-refractivity contribution in [2.75, 3.05) is 12.1 Å². The average Bonchev–Trinajstić information content (AvgIpc) is 3.31. The molecule has 0 spiro atoms. The highest BCUT2D eigenvalue weighted by Gasteiger charge is 2.29. The molecule has 3 heterocycles. The van der Waals surface area contributed by atoms with Crippen molar-refractivity contribution in [2.24, 2.45) is 5.10 Å². The van der Waals surface area contributed by atoms with E-state index in [1.807, 2.05) is 18.2 Å². The number of hydrogen-bond acceptors (Lipinski definition) is 8. The van der Waals surface area contributed by atoms with Crippen LogP contribution in [0.25, 0.3) is 11.5 Å². The standard InChI is InChI=1S/C17H13ClN6O2/c1-25-10-14-15(20-23-24(14)13-6-4-12(18)5-7-13)17-22-21-16(26-17)11-3-2-8-19-9-11/h2-10,23H,1H3. The smallest absolute Gasteiger partial charge is 0.270 e. The number of hydrazine groups is 1. The molecule has 9 heteroatoms. The minimum absolute atomic E-state index is 0.260. The fraction of sp³-hybridized carbons (Fsp3) is 0.0588. The summed E-state index contributed by atoms with van der Waals surface area (Å²) in [7, 11) is 1.55. The zero-order valence-electron chi connectivity index (χ0n) is 13.6. The van der Waals surface area contributed by atoms with Gasteiger partial charge in [-0.2, -0.15) is 5.10 Å². The number of halogens is 1. The molecule has 3 aromatic rings. The second kappa shape index (κ2) is 6.85. The van der Waals surface area contributed by atoms with Crippen LogP contribution >= 0.6 is 11.6 Å². The fourth-order valence-corrected chi connectivity index (χ4v) is 2.53. The Morgan fingerprint density at radius 1 is 1.15 bits per heavy atom. The number of allylic oxidation sites excluding steroid dienone is 1. The third-order valence-corrected chi connectivity index (χ3v) is 3.85. The average molecular weight is 369 g/mol. The molecule has 1 aliphatic rings. The number of aromatic nitrogens is 3. The van der Waals surface area contributed by atoms with E-state index in [0.717, 1.165) is 11.3 Å². The summed E-state index contributed by atoms with van der Waals surface area (Å²) in [6.45, 7) is 0. The van der Waals surface area contributed by atoms with Gasteiger partial charge in [0.2, 0.25) is 5.89 Å². The van der Waals surface area contributed by atoms with Gasteiger partial charge in [-0.25, -0.2) is 10.5 Å². The lowest BCUT2D eigenvalue weighted by Crippen LogP contribution is -2.29. The highest BCUT2D eigenvalue weighted by molar-refractivity contribution is 6.30. The van der Waals surface area contributed by atoms with Crippen LogP contribution in [-0.4, -0.2) is 28.0 Å². The van der Waals surface area contributed by atoms with E-state index in [4.69, 9.17) is 20.8 Å². The Balaban J connectivity index is 1.65. The van der Waals surface area contributed by atoms with Crippen LogP contribution in [0.3, 0.4) is 0 Å². The van der Waals surface area contributed by atoms with Crippen LogP contribution < -0.4 is 10.5 Å². The Morgan fingerprint density at radius 3 is 2.69 bits per heavy atom. The van der Waals surface area contributed by atoms with E-state index in [0.29, 0.717) is 22.3 Å². The number of ether oxygens (including phenoxy) is 1. The molecule has 130 valence electrons. The van der Waals surface area contributed by atoms with Crippen molar-refractivity contribution in [1.29, 1.82) is 0 Å². The van der Waals surface area contributed by atoms with Gasteiger partial charge in [0.05, 0.1) is 18.4 Å². The molecule has 26 heavy (non-hydrogen) atoms. The molecule has 0 radical (unpaired) electrons. The second-order valence-corrected chi connectivity index (χ2v) is 5.70. The van der Waals surface area contributed by atoms with Gasteiger partial charge in [0.25, 0.3) is 5.89 Å². The van der Waals surface area contributed by atoms with Crippen molar-refractivity contribution < 1.29 is 9.15 Å². The Bertz CT molecular complexity index is 968. The van der Waals surface area contributed by atoms with Crippen LogP contribution in [0.15, 0.2) is 70.3 Å². The summed E-state index contributed by atoms with van der Waals surface area (Å²) < 4.78 is 11.0. The quantitative estimate of drug-likeness (QED) is 0.708. The van der Waals surface area contributed by atoms with Crippen molar-refractivity contribution in [3.63, 3.8) is 0 Å². The number of hydrogen-bond donors (Lipinski definition) is 1. The molecule has 0 unspecified atom stereocenters. The highest BCUT2D eigenvalue weighted by Crippen LogP contribution is 2.26. The van der Waals surface area contributed by atoms with E-state index in [1.54, 1.807) is 49.0 Å². The zero-order valence-corrected chi connectivity index (χ0v) is 14.4. The number of methoxy groups -OCH3 is 1. The number of nitrogens with one attached hydrogen (secondary N) is 1. The minimum atomic E-state index is 0.260. The first kappa shape index (κ1) is 16.1. The van der Waals surface area contributed by atoms with E-state index < -0.39 is 0 Å². The molecule has 0 atom stereocenters. The number of anilines is 1. The summed E-state index contributed by atoms with van der Waals surface area (Å²) >= 11 is 5.96. The van der Waals surface area contributed by atoms with Crippen molar-refractivity contribution in [3.8, 4) is 11.5 Å². The summed E-state index contributed by atoms with van der Waals surface area (Å²) in [5.74, 6) is 0.619. The Labute approximate surface area is 153 Å². The highest BCUT2D eigenvalue weighted by atomic mass is 35.5. The van der Waals surface area contributed by atoms with Gasteiger partial charge in [-0.05, 0) is 36.4 Å². The molecule has 8 nitrogen and oxygen atoms in total. The van der Waals surface area contributed by atoms with Gasteiger partial charge >= 0.3 is 0 Å². The van der Waals surface area contributed by atoms with Gasteiger partial charge in [-0.15, -0.1) is 10.2 Å². The van der Waals surface area contributed by atoms with Crippen molar-refractivity contribution >= 4 is 23.0 Å². The SMILES string of the molecule is COC=C1C(c2nnc(-c3cccnc3)o2)=NNN1c1ccc(Cl)cc1. The van der Waals surface area contributed by atoms with Gasteiger partial charge in [-0.1, -0.05) is 11.6 Å². The second-order valence-electron chi connectivity index (χ2n) is 5.27. The Morgan fingerprint density at radius 2 is 1.96 bits per heavy atom. The van der Waals surface area contributed by atoms with Crippen molar-refractivity contribution in [3.05, 3.63) is 71.7 Å². The predicted octanol–water partition coefficient (Wildman–Crippen LogP) is 3.00. The lowest BCUT2D eigenvalue weighted by Gasteiger charge is -2.18. The zero-order chi connectivity index (χ0) is 17.9. The first-order valence-electron chi connectivity index (χ1n) is 7.63. The maximum atomic E-state index is 5.96. The number of benzene rings is 1. The first-order chi connectivity index (χ1) is 12.8. The van der Waals surface area contributed by atoms with Crippen molar-refractivity contribution in [2.45, 2.75) is 0 Å². The summed E-state index contributed by atoms with van der Waals surface area (Å²) in [5, 5.41) is 14.8. The Hall–Kier alpha value is -3.39. The van der Waals surface area contributed by atoms with E-state index >= 15 is 0 Å². The Kier molecular flexibility index (Phi) is 4.24. The molecule has 2 aromatic heterocycles. The fourth-order valence-electron chi connectivity index (χ4n) is 2.41. The number of hydrazone groups is 1. The van der Waals surface area contributed by atoms with Crippen LogP contribution in [-0.2, 0) is 4.74 Å². The van der Waals surface area contributed by atoms with Crippen LogP contribution in [0.1, 0.15) is 5.89 Å². The molecule has 1 aliphatic heterocycles. The summed E-state index contributed by atoms with van der Waals surface area (Å²) in [4.78, 5) is 4.05. The van der Waals surface area contributed by atoms with Gasteiger partial charge in [0, 0.05) is 17.4 Å². The molecule has 0 fully saturated rings. The maximum Gasteiger partial charge on any atom is 0.270 e. The molecule has 0 amide bonds. The molecule has 4 rings (SSSR count). The molecular weight excluding hydrogens is 356 g/mol. The largest absolute Gasteiger partial charge is 0.502 e. The van der Waals surface area contributed by atoms with Crippen LogP contribution in [0.2, 0.25) is 5.02 Å². The number of pyridine rings is 1. The predicted molar refractivity (Wildman–Crippen MR) is 96.2 cm³/mol. The number of rotatable bonds is 4. The first-order valence-corrected chi connectivity index (χ1v) is 8.00. The molecule has 0 aliphatic carbocycles. The molecule has 1 N–H and O–H groups in total. The molecule has 0 saturated heterocycles. The van der Waals surface area contributed by atoms with Crippen molar-refractivity contribution in [1.82, 2.24) is 20.7 Å². The third kappa shape index (κ3) is 2.98. The molecule has 1 aromatic carbocycles. The van der Waals surface area contributed by atoms with E-state index in [9.17, 15) is 0 Å². The normalized spacial score (nSPS) is 15.1. The molecular formula is C17H13ClN6O2. The van der Waals surface area contributed by atoms with Crippen LogP contribution in [0.5, 0.6) is 0 Å². The third-order valence-electron chi connectivity index (χ3n) is 3.60. The summed E-state index contributed by atoms with van der Waals surface area (Å²) in [6, 6.07) is 10.9. The van der Waals surface area contributed by atoms with Gasteiger partial charge in [-0.3, -0.25) is 4.98 Å². The van der Waals surface area contributed by atoms with E-state index in [2.05, 4.69) is 25.8 Å². The lowest BCUT2D eigenvalue weighted by atomic mass is 10.2. The topological polar surface area (TPSA) is 88.7 Å². The van der Waals surface area contributed by atoms with Gasteiger partial charge in [0.1, 0.15) is 12.0 Å². The maximum absolute atomic E-state index is 5.96. The summed E-state index contributed by atoms with van der Waals surface area (Å²) in [5.41, 5.74) is 5.55. The van der Waals surface area contributed by atoms with E-state index in [1.165, 1.54) is 0 Å². The summed E-state index contributed by atoms with van der Waals surface area (Å²) in [6.07, 6.45) is 4.87. The molecule has 0 bridgehead atoms. The van der Waals surface area contributed by atoms with Gasteiger partial charge < -0.3 is 9.15 Å². The lowest BCUT2D eigenvalue weighted by molar-refractivity contribution is 0.334. The minimum Gasteiger partial charge on any atom is -0.502 e. The van der Waals surface area contributed by atoms with Crippen LogP contribution in [0.4, 0.5) is 5.69 Å². The molecule has 0 saturated carbocycles. The van der Waals surface area contributed by atoms with Gasteiger partial charge in [0.15, 0.2) is 5.71 Å². The number of nitrogens with zero attached hydrogens (tertiary/aromatic N) is 5. The van der Waals surface area contributed by atoms with E-state index in [-0.39, 0.29) is 5.89 Å².